The van der Waals surface area contributed by atoms with Gasteiger partial charge in [-0.3, -0.25) is 4.57 Å². The Hall–Kier alpha value is -3.25. The highest BCUT2D eigenvalue weighted by Crippen LogP contribution is 2.33. The zero-order chi connectivity index (χ0) is 21.1. The van der Waals surface area contributed by atoms with E-state index >= 15 is 0 Å². The Bertz CT molecular complexity index is 894. The predicted molar refractivity (Wildman–Crippen MR) is 92.9 cm³/mol. The number of nitrogens with one attached hydrogen (secondary N) is 1. The third-order valence-electron chi connectivity index (χ3n) is 4.16. The smallest absolute Gasteiger partial charge is 0.351 e. The molecule has 1 saturated heterocycles. The van der Waals surface area contributed by atoms with E-state index in [4.69, 9.17) is 19.0 Å². The molecule has 0 aromatic carbocycles. The van der Waals surface area contributed by atoms with Gasteiger partial charge < -0.3 is 24.2 Å². The minimum absolute atomic E-state index is 0.0301. The monoisotopic (exact) mass is 409 g/mol. The van der Waals surface area contributed by atoms with Crippen LogP contribution in [0.4, 0.5) is 5.82 Å². The number of rotatable bonds is 5. The summed E-state index contributed by atoms with van der Waals surface area (Å²) >= 11 is 0. The van der Waals surface area contributed by atoms with Crippen LogP contribution in [0, 0.1) is 5.92 Å². The number of hydrogen-bond acceptors (Lipinski definition) is 11. The van der Waals surface area contributed by atoms with Crippen molar-refractivity contribution in [2.45, 2.75) is 38.4 Å². The molecule has 2 aliphatic rings. The van der Waals surface area contributed by atoms with Gasteiger partial charge in [-0.25, -0.2) is 24.7 Å². The van der Waals surface area contributed by atoms with Gasteiger partial charge in [0.25, 0.3) is 0 Å². The lowest BCUT2D eigenvalue weighted by atomic mass is 10.1. The van der Waals surface area contributed by atoms with E-state index in [1.54, 1.807) is 13.8 Å². The summed E-state index contributed by atoms with van der Waals surface area (Å²) in [5.41, 5.74) is 1.45. The van der Waals surface area contributed by atoms with Crippen molar-refractivity contribution >= 4 is 23.7 Å². The number of aliphatic hydroxyl groups is 1. The van der Waals surface area contributed by atoms with Crippen LogP contribution in [0.1, 0.15) is 20.1 Å². The van der Waals surface area contributed by atoms with E-state index in [1.165, 1.54) is 12.3 Å². The molecule has 1 aromatic heterocycles. The van der Waals surface area contributed by atoms with Gasteiger partial charge in [-0.05, 0) is 0 Å². The number of carbonyl (C=O) groups is 3. The van der Waals surface area contributed by atoms with Crippen LogP contribution in [0.5, 0.6) is 0 Å². The summed E-state index contributed by atoms with van der Waals surface area (Å²) in [7, 11) is 0. The molecule has 1 aromatic rings. The van der Waals surface area contributed by atoms with Gasteiger partial charge in [0.1, 0.15) is 6.10 Å². The number of fused-ring (bicyclic) bond motifs is 1. The lowest BCUT2D eigenvalue weighted by Crippen LogP contribution is -2.42. The van der Waals surface area contributed by atoms with Gasteiger partial charge in [0.05, 0.1) is 12.5 Å². The standard InChI is InChI=1S/C17H19N3O9/c1-8(2)16(24)29-19-10-5-6-20(17(25)18-10)15-14-13(9(7-21)26-15)27-11(22)3-4-12(23)28-14/h3-6,8-9,13-15,21H,7H2,1-2H3,(H,18,19,25)/b4-3-/t9-,13?,14+,15-/m1/s1. The Morgan fingerprint density at radius 3 is 2.48 bits per heavy atom. The third kappa shape index (κ3) is 4.43. The normalized spacial score (nSPS) is 27.3. The molecule has 29 heavy (non-hydrogen) atoms. The second-order valence-electron chi connectivity index (χ2n) is 6.56. The average molecular weight is 409 g/mol. The van der Waals surface area contributed by atoms with Crippen molar-refractivity contribution < 1.29 is 38.5 Å². The number of aromatic nitrogens is 2. The summed E-state index contributed by atoms with van der Waals surface area (Å²) in [5, 5.41) is 9.53. The molecule has 4 atom stereocenters. The fourth-order valence-electron chi connectivity index (χ4n) is 2.71. The highest BCUT2D eigenvalue weighted by atomic mass is 16.7. The van der Waals surface area contributed by atoms with Crippen molar-refractivity contribution in [3.8, 4) is 0 Å². The summed E-state index contributed by atoms with van der Waals surface area (Å²) in [5.74, 6) is -2.59. The first-order valence-electron chi connectivity index (χ1n) is 8.71. The molecular weight excluding hydrogens is 390 g/mol. The molecule has 0 amide bonds. The number of esters is 2. The van der Waals surface area contributed by atoms with Crippen LogP contribution in [0.15, 0.2) is 29.2 Å². The van der Waals surface area contributed by atoms with E-state index in [1.807, 2.05) is 0 Å². The summed E-state index contributed by atoms with van der Waals surface area (Å²) in [6.45, 7) is 2.73. The van der Waals surface area contributed by atoms with Crippen molar-refractivity contribution in [1.29, 1.82) is 0 Å². The maximum atomic E-state index is 12.4. The van der Waals surface area contributed by atoms with E-state index in [0.717, 1.165) is 16.7 Å². The topological polar surface area (TPSA) is 155 Å². The summed E-state index contributed by atoms with van der Waals surface area (Å²) < 4.78 is 17.0. The average Bonchev–Trinajstić information content (AvgIpc) is 2.99. The van der Waals surface area contributed by atoms with Gasteiger partial charge in [-0.2, -0.15) is 4.98 Å². The first kappa shape index (κ1) is 20.5. The number of aliphatic hydroxyl groups excluding tert-OH is 1. The number of carbonyl (C=O) groups excluding carboxylic acids is 3. The molecule has 0 saturated carbocycles. The first-order valence-corrected chi connectivity index (χ1v) is 8.71. The minimum atomic E-state index is -1.20. The van der Waals surface area contributed by atoms with Crippen LogP contribution in [-0.2, 0) is 33.4 Å². The van der Waals surface area contributed by atoms with Crippen LogP contribution >= 0.6 is 0 Å². The van der Waals surface area contributed by atoms with E-state index < -0.39 is 54.7 Å². The van der Waals surface area contributed by atoms with Crippen LogP contribution in [0.25, 0.3) is 0 Å². The molecule has 1 unspecified atom stereocenters. The molecule has 0 spiro atoms. The molecule has 2 N–H and O–H groups in total. The molecule has 0 radical (unpaired) electrons. The minimum Gasteiger partial charge on any atom is -0.452 e. The zero-order valence-electron chi connectivity index (χ0n) is 15.5. The molecule has 12 heteroatoms. The van der Waals surface area contributed by atoms with Crippen LogP contribution in [-0.4, -0.2) is 57.5 Å². The lowest BCUT2D eigenvalue weighted by molar-refractivity contribution is -0.164. The van der Waals surface area contributed by atoms with E-state index in [0.29, 0.717) is 0 Å². The quantitative estimate of drug-likeness (QED) is 0.351. The van der Waals surface area contributed by atoms with Crippen molar-refractivity contribution in [2.75, 3.05) is 12.1 Å². The fourth-order valence-corrected chi connectivity index (χ4v) is 2.71. The summed E-state index contributed by atoms with van der Waals surface area (Å²) in [6, 6.07) is 1.33. The van der Waals surface area contributed by atoms with E-state index in [2.05, 4.69) is 10.5 Å². The number of hydrogen-bond donors (Lipinski definition) is 2. The molecule has 1 fully saturated rings. The summed E-state index contributed by atoms with van der Waals surface area (Å²) in [6.07, 6.45) is -1.48. The molecule has 0 bridgehead atoms. The van der Waals surface area contributed by atoms with Crippen LogP contribution in [0.2, 0.25) is 0 Å². The van der Waals surface area contributed by atoms with Crippen molar-refractivity contribution in [3.05, 3.63) is 34.9 Å². The van der Waals surface area contributed by atoms with Gasteiger partial charge >= 0.3 is 23.6 Å². The molecular formula is C17H19N3O9. The van der Waals surface area contributed by atoms with Crippen molar-refractivity contribution in [2.24, 2.45) is 5.92 Å². The predicted octanol–water partition coefficient (Wildman–Crippen LogP) is -0.947. The second-order valence-corrected chi connectivity index (χ2v) is 6.56. The maximum Gasteiger partial charge on any atom is 0.351 e. The van der Waals surface area contributed by atoms with Crippen molar-refractivity contribution in [1.82, 2.24) is 9.55 Å². The summed E-state index contributed by atoms with van der Waals surface area (Å²) in [4.78, 5) is 56.0. The third-order valence-corrected chi connectivity index (χ3v) is 4.16. The molecule has 156 valence electrons. The highest BCUT2D eigenvalue weighted by molar-refractivity contribution is 5.92. The van der Waals surface area contributed by atoms with Crippen molar-refractivity contribution in [3.63, 3.8) is 0 Å². The van der Waals surface area contributed by atoms with Gasteiger partial charge in [0, 0.05) is 24.4 Å². The Labute approximate surface area is 164 Å². The number of nitrogens with zero attached hydrogens (tertiary/aromatic N) is 2. The highest BCUT2D eigenvalue weighted by Gasteiger charge is 2.50. The fraction of sp³-hybridized carbons (Fsp3) is 0.471. The molecule has 0 aliphatic carbocycles. The number of ether oxygens (including phenoxy) is 3. The van der Waals surface area contributed by atoms with E-state index in [9.17, 15) is 24.3 Å². The molecule has 3 heterocycles. The molecule has 12 nitrogen and oxygen atoms in total. The Morgan fingerprint density at radius 2 is 1.90 bits per heavy atom. The zero-order valence-corrected chi connectivity index (χ0v) is 15.5. The molecule has 2 aliphatic heterocycles. The van der Waals surface area contributed by atoms with Crippen LogP contribution < -0.4 is 11.2 Å². The van der Waals surface area contributed by atoms with Gasteiger partial charge in [0.2, 0.25) is 0 Å². The van der Waals surface area contributed by atoms with Gasteiger partial charge in [0.15, 0.2) is 24.3 Å². The lowest BCUT2D eigenvalue weighted by Gasteiger charge is -2.24. The Balaban J connectivity index is 1.84. The largest absolute Gasteiger partial charge is 0.452 e. The maximum absolute atomic E-state index is 12.4. The van der Waals surface area contributed by atoms with E-state index in [-0.39, 0.29) is 11.7 Å². The van der Waals surface area contributed by atoms with Crippen LogP contribution in [0.3, 0.4) is 0 Å². The second kappa shape index (κ2) is 8.41. The Morgan fingerprint density at radius 1 is 1.24 bits per heavy atom. The SMILES string of the molecule is CC(C)C(=O)ONc1ccn([C@@H]2O[C@H](CO)C3OC(=O)/C=C\C(=O)O[C@@H]32)c(=O)n1. The Kier molecular flexibility index (Phi) is 5.94. The number of anilines is 1. The molecule has 3 rings (SSSR count). The van der Waals surface area contributed by atoms with Gasteiger partial charge in [-0.1, -0.05) is 13.8 Å². The first-order chi connectivity index (χ1) is 13.8. The van der Waals surface area contributed by atoms with Gasteiger partial charge in [-0.15, -0.1) is 0 Å².